The highest BCUT2D eigenvalue weighted by Crippen LogP contribution is 2.22. The van der Waals surface area contributed by atoms with Gasteiger partial charge in [-0.2, -0.15) is 5.10 Å². The molecule has 28 heavy (non-hydrogen) atoms. The molecule has 0 aliphatic carbocycles. The van der Waals surface area contributed by atoms with Gasteiger partial charge in [-0.25, -0.2) is 0 Å². The van der Waals surface area contributed by atoms with Crippen molar-refractivity contribution < 1.29 is 9.47 Å². The normalized spacial score (nSPS) is 20.2. The van der Waals surface area contributed by atoms with Gasteiger partial charge < -0.3 is 24.2 Å². The SMILES string of the molecule is c1cc(N2CCN(c3cc4c(nn3)CCOC4)CC2)nnc1N1CCOCC1. The molecule has 0 saturated carbocycles. The minimum Gasteiger partial charge on any atom is -0.378 e. The first kappa shape index (κ1) is 17.6. The summed E-state index contributed by atoms with van der Waals surface area (Å²) in [4.78, 5) is 6.78. The second kappa shape index (κ2) is 7.84. The summed E-state index contributed by atoms with van der Waals surface area (Å²) in [6.07, 6.45) is 0.857. The van der Waals surface area contributed by atoms with E-state index in [0.29, 0.717) is 6.61 Å². The molecule has 0 N–H and O–H groups in total. The first-order valence-electron chi connectivity index (χ1n) is 9.96. The molecule has 2 fully saturated rings. The Labute approximate surface area is 164 Å². The van der Waals surface area contributed by atoms with Gasteiger partial charge in [0.05, 0.1) is 32.1 Å². The van der Waals surface area contributed by atoms with E-state index in [2.05, 4.69) is 53.3 Å². The molecule has 3 aliphatic rings. The summed E-state index contributed by atoms with van der Waals surface area (Å²) in [7, 11) is 0. The zero-order chi connectivity index (χ0) is 18.8. The van der Waals surface area contributed by atoms with E-state index in [4.69, 9.17) is 9.47 Å². The summed E-state index contributed by atoms with van der Waals surface area (Å²) in [6, 6.07) is 6.27. The van der Waals surface area contributed by atoms with Crippen LogP contribution in [-0.2, 0) is 22.5 Å². The summed E-state index contributed by atoms with van der Waals surface area (Å²) in [5, 5.41) is 17.7. The maximum absolute atomic E-state index is 5.55. The molecule has 0 unspecified atom stereocenters. The second-order valence-electron chi connectivity index (χ2n) is 7.30. The largest absolute Gasteiger partial charge is 0.378 e. The maximum atomic E-state index is 5.55. The van der Waals surface area contributed by atoms with Crippen molar-refractivity contribution in [1.29, 1.82) is 0 Å². The zero-order valence-corrected chi connectivity index (χ0v) is 16.0. The van der Waals surface area contributed by atoms with Crippen LogP contribution in [0.5, 0.6) is 0 Å². The average Bonchev–Trinajstić information content (AvgIpc) is 2.80. The minimum atomic E-state index is 0.642. The van der Waals surface area contributed by atoms with Crippen LogP contribution in [0.3, 0.4) is 0 Å². The van der Waals surface area contributed by atoms with Crippen molar-refractivity contribution in [1.82, 2.24) is 20.4 Å². The molecule has 9 heteroatoms. The number of ether oxygens (including phenoxy) is 2. The number of aromatic nitrogens is 4. The van der Waals surface area contributed by atoms with Crippen LogP contribution in [0.15, 0.2) is 18.2 Å². The van der Waals surface area contributed by atoms with E-state index in [1.165, 1.54) is 5.56 Å². The Morgan fingerprint density at radius 1 is 0.643 bits per heavy atom. The Kier molecular flexibility index (Phi) is 4.92. The van der Waals surface area contributed by atoms with Crippen molar-refractivity contribution in [3.63, 3.8) is 0 Å². The van der Waals surface area contributed by atoms with Gasteiger partial charge in [-0.15, -0.1) is 15.3 Å². The number of rotatable bonds is 3. The number of hydrogen-bond acceptors (Lipinski definition) is 9. The van der Waals surface area contributed by atoms with Crippen molar-refractivity contribution in [2.75, 3.05) is 73.8 Å². The standard InChI is InChI=1S/C19H25N7O2/c1-2-18(26-8-11-27-12-9-26)22-21-17(1)24-4-6-25(7-5-24)19-13-15-14-28-10-3-16(15)20-23-19/h1-2,13H,3-12,14H2. The highest BCUT2D eigenvalue weighted by atomic mass is 16.5. The van der Waals surface area contributed by atoms with Crippen molar-refractivity contribution in [3.8, 4) is 0 Å². The van der Waals surface area contributed by atoms with E-state index >= 15 is 0 Å². The van der Waals surface area contributed by atoms with Crippen molar-refractivity contribution in [3.05, 3.63) is 29.5 Å². The number of hydrogen-bond donors (Lipinski definition) is 0. The molecular formula is C19H25N7O2. The maximum Gasteiger partial charge on any atom is 0.151 e. The number of nitrogens with zero attached hydrogens (tertiary/aromatic N) is 7. The molecule has 0 atom stereocenters. The van der Waals surface area contributed by atoms with E-state index in [-0.39, 0.29) is 0 Å². The lowest BCUT2D eigenvalue weighted by Gasteiger charge is -2.36. The minimum absolute atomic E-state index is 0.642. The van der Waals surface area contributed by atoms with Crippen molar-refractivity contribution in [2.24, 2.45) is 0 Å². The Morgan fingerprint density at radius 3 is 1.93 bits per heavy atom. The van der Waals surface area contributed by atoms with Crippen LogP contribution in [-0.4, -0.2) is 79.5 Å². The molecule has 2 aromatic heterocycles. The van der Waals surface area contributed by atoms with Gasteiger partial charge >= 0.3 is 0 Å². The van der Waals surface area contributed by atoms with E-state index in [0.717, 1.165) is 88.7 Å². The van der Waals surface area contributed by atoms with Gasteiger partial charge in [0.25, 0.3) is 0 Å². The van der Waals surface area contributed by atoms with Crippen LogP contribution in [0.1, 0.15) is 11.3 Å². The summed E-state index contributed by atoms with van der Waals surface area (Å²) in [6.45, 7) is 8.20. The molecule has 0 spiro atoms. The molecule has 148 valence electrons. The van der Waals surface area contributed by atoms with Crippen LogP contribution in [0, 0.1) is 0 Å². The smallest absolute Gasteiger partial charge is 0.151 e. The molecule has 0 amide bonds. The predicted molar refractivity (Wildman–Crippen MR) is 105 cm³/mol. The predicted octanol–water partition coefficient (Wildman–Crippen LogP) is 0.503. The number of anilines is 3. The van der Waals surface area contributed by atoms with Gasteiger partial charge in [0, 0.05) is 51.3 Å². The summed E-state index contributed by atoms with van der Waals surface area (Å²) >= 11 is 0. The van der Waals surface area contributed by atoms with E-state index < -0.39 is 0 Å². The summed E-state index contributed by atoms with van der Waals surface area (Å²) in [5.41, 5.74) is 2.24. The van der Waals surface area contributed by atoms with Crippen molar-refractivity contribution in [2.45, 2.75) is 13.0 Å². The van der Waals surface area contributed by atoms with Gasteiger partial charge in [-0.05, 0) is 18.2 Å². The van der Waals surface area contributed by atoms with Gasteiger partial charge in [0.1, 0.15) is 0 Å². The fourth-order valence-electron chi connectivity index (χ4n) is 3.90. The fourth-order valence-corrected chi connectivity index (χ4v) is 3.90. The zero-order valence-electron chi connectivity index (χ0n) is 16.0. The molecular weight excluding hydrogens is 358 g/mol. The number of fused-ring (bicyclic) bond motifs is 1. The Morgan fingerprint density at radius 2 is 1.25 bits per heavy atom. The van der Waals surface area contributed by atoms with Crippen LogP contribution in [0.25, 0.3) is 0 Å². The Balaban J connectivity index is 1.21. The molecule has 2 aromatic rings. The van der Waals surface area contributed by atoms with Crippen LogP contribution in [0.4, 0.5) is 17.5 Å². The third-order valence-electron chi connectivity index (χ3n) is 5.59. The summed E-state index contributed by atoms with van der Waals surface area (Å²) in [5.74, 6) is 2.80. The number of morpholine rings is 1. The van der Waals surface area contributed by atoms with E-state index in [1.54, 1.807) is 0 Å². The second-order valence-corrected chi connectivity index (χ2v) is 7.30. The molecule has 0 aromatic carbocycles. The third kappa shape index (κ3) is 3.59. The molecule has 0 bridgehead atoms. The molecule has 5 rings (SSSR count). The highest BCUT2D eigenvalue weighted by molar-refractivity contribution is 5.48. The van der Waals surface area contributed by atoms with E-state index in [1.807, 2.05) is 0 Å². The quantitative estimate of drug-likeness (QED) is 0.753. The molecule has 2 saturated heterocycles. The topological polar surface area (TPSA) is 79.7 Å². The third-order valence-corrected chi connectivity index (χ3v) is 5.59. The van der Waals surface area contributed by atoms with E-state index in [9.17, 15) is 0 Å². The molecule has 5 heterocycles. The lowest BCUT2D eigenvalue weighted by Crippen LogP contribution is -2.47. The molecule has 9 nitrogen and oxygen atoms in total. The van der Waals surface area contributed by atoms with Gasteiger partial charge in [0.15, 0.2) is 17.5 Å². The van der Waals surface area contributed by atoms with Crippen LogP contribution in [0.2, 0.25) is 0 Å². The number of piperazine rings is 1. The molecule has 3 aliphatic heterocycles. The lowest BCUT2D eigenvalue weighted by atomic mass is 10.1. The van der Waals surface area contributed by atoms with Crippen LogP contribution >= 0.6 is 0 Å². The van der Waals surface area contributed by atoms with Gasteiger partial charge in [0.2, 0.25) is 0 Å². The Bertz CT molecular complexity index is 802. The summed E-state index contributed by atoms with van der Waals surface area (Å²) < 4.78 is 10.9. The highest BCUT2D eigenvalue weighted by Gasteiger charge is 2.22. The average molecular weight is 383 g/mol. The van der Waals surface area contributed by atoms with Crippen LogP contribution < -0.4 is 14.7 Å². The first-order chi connectivity index (χ1) is 13.9. The van der Waals surface area contributed by atoms with Gasteiger partial charge in [-0.3, -0.25) is 0 Å². The lowest BCUT2D eigenvalue weighted by molar-refractivity contribution is 0.109. The van der Waals surface area contributed by atoms with Crippen molar-refractivity contribution >= 4 is 17.5 Å². The Hall–Kier alpha value is -2.52. The van der Waals surface area contributed by atoms with Gasteiger partial charge in [-0.1, -0.05) is 0 Å². The fraction of sp³-hybridized carbons (Fsp3) is 0.579. The monoisotopic (exact) mass is 383 g/mol. The first-order valence-corrected chi connectivity index (χ1v) is 9.96. The molecule has 0 radical (unpaired) electrons.